The average Bonchev–Trinajstić information content (AvgIpc) is 3.60. The van der Waals surface area contributed by atoms with E-state index in [2.05, 4.69) is 24.6 Å². The van der Waals surface area contributed by atoms with Gasteiger partial charge in [-0.05, 0) is 48.7 Å². The number of H-pyrrole nitrogens is 1. The summed E-state index contributed by atoms with van der Waals surface area (Å²) in [6.07, 6.45) is -0.0119. The number of nitrogens with zero attached hydrogens (tertiary/aromatic N) is 3. The second-order valence-electron chi connectivity index (χ2n) is 8.24. The largest absolute Gasteiger partial charge is 0.573 e. The van der Waals surface area contributed by atoms with Crippen LogP contribution in [0.4, 0.5) is 13.2 Å². The van der Waals surface area contributed by atoms with Crippen molar-refractivity contribution in [1.82, 2.24) is 19.9 Å². The Labute approximate surface area is 182 Å². The van der Waals surface area contributed by atoms with E-state index in [1.807, 2.05) is 12.1 Å². The molecule has 3 heterocycles. The number of ether oxygens (including phenoxy) is 1. The summed E-state index contributed by atoms with van der Waals surface area (Å²) in [5, 5.41) is 0. The van der Waals surface area contributed by atoms with Gasteiger partial charge in [-0.3, -0.25) is 14.7 Å². The van der Waals surface area contributed by atoms with Crippen molar-refractivity contribution >= 4 is 0 Å². The quantitative estimate of drug-likeness (QED) is 0.642. The maximum Gasteiger partial charge on any atom is 0.573 e. The first-order chi connectivity index (χ1) is 15.3. The molecule has 9 heteroatoms. The average molecular weight is 442 g/mol. The number of halogens is 3. The SMILES string of the molecule is O=c1[nH]c(C2CC2)nc2c1CN(Cc1ccc(-c3ccc(OC(F)(F)F)cc3)nc1)CC2. The Morgan fingerprint density at radius 1 is 1.12 bits per heavy atom. The molecular weight excluding hydrogens is 421 g/mol. The molecule has 1 saturated carbocycles. The van der Waals surface area contributed by atoms with Crippen LogP contribution in [-0.2, 0) is 19.5 Å². The number of alkyl halides is 3. The van der Waals surface area contributed by atoms with Crippen LogP contribution >= 0.6 is 0 Å². The van der Waals surface area contributed by atoms with E-state index in [4.69, 9.17) is 0 Å². The van der Waals surface area contributed by atoms with Gasteiger partial charge in [0, 0.05) is 43.7 Å². The monoisotopic (exact) mass is 442 g/mol. The van der Waals surface area contributed by atoms with Crippen molar-refractivity contribution in [3.8, 4) is 17.0 Å². The van der Waals surface area contributed by atoms with Gasteiger partial charge >= 0.3 is 6.36 Å². The fraction of sp³-hybridized carbons (Fsp3) is 0.348. The highest BCUT2D eigenvalue weighted by atomic mass is 19.4. The van der Waals surface area contributed by atoms with Crippen LogP contribution in [0.5, 0.6) is 5.75 Å². The first kappa shape index (κ1) is 20.7. The summed E-state index contributed by atoms with van der Waals surface area (Å²) in [5.74, 6) is 0.987. The van der Waals surface area contributed by atoms with Gasteiger partial charge in [-0.2, -0.15) is 0 Å². The zero-order valence-corrected chi connectivity index (χ0v) is 17.2. The number of fused-ring (bicyclic) bond motifs is 1. The molecule has 166 valence electrons. The number of aromatic amines is 1. The van der Waals surface area contributed by atoms with E-state index in [9.17, 15) is 18.0 Å². The van der Waals surface area contributed by atoms with Crippen molar-refractivity contribution in [3.05, 3.63) is 75.6 Å². The molecule has 1 N–H and O–H groups in total. The summed E-state index contributed by atoms with van der Waals surface area (Å²) in [6, 6.07) is 9.40. The van der Waals surface area contributed by atoms with E-state index in [0.29, 0.717) is 30.3 Å². The van der Waals surface area contributed by atoms with Gasteiger partial charge in [0.05, 0.1) is 17.0 Å². The molecule has 0 amide bonds. The third-order valence-corrected chi connectivity index (χ3v) is 5.74. The Morgan fingerprint density at radius 2 is 1.91 bits per heavy atom. The van der Waals surface area contributed by atoms with Crippen LogP contribution in [0, 0.1) is 0 Å². The Bertz CT molecular complexity index is 1170. The summed E-state index contributed by atoms with van der Waals surface area (Å²) < 4.78 is 40.8. The number of rotatable bonds is 5. The molecule has 2 aromatic heterocycles. The first-order valence-electron chi connectivity index (χ1n) is 10.5. The van der Waals surface area contributed by atoms with E-state index in [0.717, 1.165) is 48.5 Å². The molecule has 1 fully saturated rings. The van der Waals surface area contributed by atoms with E-state index < -0.39 is 6.36 Å². The van der Waals surface area contributed by atoms with Crippen LogP contribution in [0.15, 0.2) is 47.4 Å². The Hall–Kier alpha value is -3.20. The minimum Gasteiger partial charge on any atom is -0.406 e. The van der Waals surface area contributed by atoms with E-state index >= 15 is 0 Å². The number of hydrogen-bond acceptors (Lipinski definition) is 5. The highest BCUT2D eigenvalue weighted by molar-refractivity contribution is 5.60. The third kappa shape index (κ3) is 4.67. The maximum absolute atomic E-state index is 12.5. The molecule has 0 spiro atoms. The predicted octanol–water partition coefficient (Wildman–Crippen LogP) is 4.17. The minimum atomic E-state index is -4.71. The maximum atomic E-state index is 12.5. The van der Waals surface area contributed by atoms with Crippen molar-refractivity contribution < 1.29 is 17.9 Å². The topological polar surface area (TPSA) is 71.1 Å². The molecule has 0 unspecified atom stereocenters. The van der Waals surface area contributed by atoms with Gasteiger partial charge in [-0.25, -0.2) is 4.98 Å². The third-order valence-electron chi connectivity index (χ3n) is 5.74. The van der Waals surface area contributed by atoms with Crippen molar-refractivity contribution in [2.24, 2.45) is 0 Å². The molecule has 0 saturated heterocycles. The van der Waals surface area contributed by atoms with Gasteiger partial charge in [0.1, 0.15) is 11.6 Å². The molecule has 3 aromatic rings. The van der Waals surface area contributed by atoms with E-state index in [1.165, 1.54) is 12.1 Å². The number of aromatic nitrogens is 3. The minimum absolute atomic E-state index is 0.0342. The fourth-order valence-electron chi connectivity index (χ4n) is 3.96. The second kappa shape index (κ2) is 8.05. The molecule has 0 bridgehead atoms. The molecular formula is C23H21F3N4O2. The normalized spacial score (nSPS) is 16.6. The number of hydrogen-bond donors (Lipinski definition) is 1. The van der Waals surface area contributed by atoms with Crippen LogP contribution in [0.1, 0.15) is 41.4 Å². The molecule has 0 radical (unpaired) electrons. The predicted molar refractivity (Wildman–Crippen MR) is 111 cm³/mol. The molecule has 0 atom stereocenters. The molecule has 5 rings (SSSR count). The lowest BCUT2D eigenvalue weighted by molar-refractivity contribution is -0.274. The zero-order chi connectivity index (χ0) is 22.3. The fourth-order valence-corrected chi connectivity index (χ4v) is 3.96. The summed E-state index contributed by atoms with van der Waals surface area (Å²) >= 11 is 0. The molecule has 1 aromatic carbocycles. The highest BCUT2D eigenvalue weighted by Crippen LogP contribution is 2.37. The summed E-state index contributed by atoms with van der Waals surface area (Å²) in [4.78, 5) is 26.8. The Morgan fingerprint density at radius 3 is 2.56 bits per heavy atom. The summed E-state index contributed by atoms with van der Waals surface area (Å²) in [5.41, 5.74) is 3.97. The van der Waals surface area contributed by atoms with Crippen LogP contribution in [0.3, 0.4) is 0 Å². The summed E-state index contributed by atoms with van der Waals surface area (Å²) in [7, 11) is 0. The molecule has 2 aliphatic rings. The van der Waals surface area contributed by atoms with Crippen LogP contribution in [0.2, 0.25) is 0 Å². The Kier molecular flexibility index (Phi) is 5.21. The molecule has 6 nitrogen and oxygen atoms in total. The van der Waals surface area contributed by atoms with Crippen LogP contribution in [-0.4, -0.2) is 32.8 Å². The molecule has 32 heavy (non-hydrogen) atoms. The first-order valence-corrected chi connectivity index (χ1v) is 10.5. The number of pyridine rings is 1. The van der Waals surface area contributed by atoms with E-state index in [-0.39, 0.29) is 11.3 Å². The van der Waals surface area contributed by atoms with Gasteiger partial charge in [-0.1, -0.05) is 6.07 Å². The second-order valence-corrected chi connectivity index (χ2v) is 8.24. The van der Waals surface area contributed by atoms with Gasteiger partial charge in [-0.15, -0.1) is 13.2 Å². The lowest BCUT2D eigenvalue weighted by Crippen LogP contribution is -2.35. The van der Waals surface area contributed by atoms with Gasteiger partial charge in [0.15, 0.2) is 0 Å². The van der Waals surface area contributed by atoms with Crippen molar-refractivity contribution in [3.63, 3.8) is 0 Å². The lowest BCUT2D eigenvalue weighted by Gasteiger charge is -2.27. The smallest absolute Gasteiger partial charge is 0.406 e. The van der Waals surface area contributed by atoms with E-state index in [1.54, 1.807) is 18.3 Å². The number of benzene rings is 1. The van der Waals surface area contributed by atoms with Gasteiger partial charge in [0.2, 0.25) is 0 Å². The molecule has 1 aliphatic heterocycles. The summed E-state index contributed by atoms with van der Waals surface area (Å²) in [6.45, 7) is 2.01. The molecule has 1 aliphatic carbocycles. The van der Waals surface area contributed by atoms with Gasteiger partial charge < -0.3 is 9.72 Å². The number of nitrogens with one attached hydrogen (secondary N) is 1. The van der Waals surface area contributed by atoms with Crippen LogP contribution in [0.25, 0.3) is 11.3 Å². The van der Waals surface area contributed by atoms with Crippen molar-refractivity contribution in [2.45, 2.75) is 44.6 Å². The van der Waals surface area contributed by atoms with Crippen molar-refractivity contribution in [2.75, 3.05) is 6.54 Å². The highest BCUT2D eigenvalue weighted by Gasteiger charge is 2.31. The standard InChI is InChI=1S/C23H21F3N4O2/c24-23(25,26)32-17-6-4-15(5-7-17)19-8-1-14(11-27-19)12-30-10-9-20-18(13-30)22(31)29-21(28-20)16-2-3-16/h1,4-8,11,16H,2-3,9-10,12-13H2,(H,28,29,31). The van der Waals surface area contributed by atoms with Gasteiger partial charge in [0.25, 0.3) is 5.56 Å². The van der Waals surface area contributed by atoms with Crippen LogP contribution < -0.4 is 10.3 Å². The Balaban J connectivity index is 1.24. The zero-order valence-electron chi connectivity index (χ0n) is 17.2. The van der Waals surface area contributed by atoms with Crippen molar-refractivity contribution in [1.29, 1.82) is 0 Å². The lowest BCUT2D eigenvalue weighted by atomic mass is 10.1.